The van der Waals surface area contributed by atoms with Gasteiger partial charge in [-0.1, -0.05) is 41.9 Å². The Labute approximate surface area is 144 Å². The van der Waals surface area contributed by atoms with Crippen LogP contribution in [0.25, 0.3) is 0 Å². The predicted molar refractivity (Wildman–Crippen MR) is 93.3 cm³/mol. The molecule has 0 aliphatic rings. The van der Waals surface area contributed by atoms with Gasteiger partial charge in [0.15, 0.2) is 6.10 Å². The van der Waals surface area contributed by atoms with Crippen LogP contribution in [-0.2, 0) is 11.2 Å². The van der Waals surface area contributed by atoms with E-state index in [1.165, 1.54) is 17.7 Å². The first-order valence-electron chi connectivity index (χ1n) is 7.55. The van der Waals surface area contributed by atoms with Crippen LogP contribution in [0.3, 0.4) is 0 Å². The third kappa shape index (κ3) is 4.79. The van der Waals surface area contributed by atoms with Crippen LogP contribution < -0.4 is 10.1 Å². The zero-order chi connectivity index (χ0) is 16.8. The van der Waals surface area contributed by atoms with E-state index in [1.54, 1.807) is 6.07 Å². The van der Waals surface area contributed by atoms with E-state index in [1.807, 2.05) is 31.2 Å². The van der Waals surface area contributed by atoms with E-state index >= 15 is 0 Å². The largest absolute Gasteiger partial charge is 0.481 e. The molecule has 0 aromatic heterocycles. The summed E-state index contributed by atoms with van der Waals surface area (Å²) < 4.78 is 20.1. The van der Waals surface area contributed by atoms with Gasteiger partial charge in [0.2, 0.25) is 0 Å². The maximum Gasteiger partial charge on any atom is 0.265 e. The third-order valence-electron chi connectivity index (χ3n) is 3.46. The second-order valence-electron chi connectivity index (χ2n) is 5.13. The van der Waals surface area contributed by atoms with Crippen molar-refractivity contribution in [2.75, 3.05) is 5.32 Å². The van der Waals surface area contributed by atoms with Gasteiger partial charge in [-0.25, -0.2) is 4.39 Å². The molecule has 0 radical (unpaired) electrons. The number of halogens is 2. The van der Waals surface area contributed by atoms with E-state index < -0.39 is 11.9 Å². The van der Waals surface area contributed by atoms with Crippen LogP contribution in [0.2, 0.25) is 0 Å². The number of carbonyl (C=O) groups excluding carboxylic acids is 1. The number of ether oxygens (including phenoxy) is 1. The summed E-state index contributed by atoms with van der Waals surface area (Å²) >= 11 is 3.18. The van der Waals surface area contributed by atoms with Gasteiger partial charge in [0.1, 0.15) is 11.6 Å². The molecule has 1 amide bonds. The van der Waals surface area contributed by atoms with Crippen LogP contribution >= 0.6 is 15.9 Å². The van der Waals surface area contributed by atoms with Crippen LogP contribution in [0.4, 0.5) is 10.1 Å². The number of amides is 1. The molecule has 2 rings (SSSR count). The van der Waals surface area contributed by atoms with Crippen molar-refractivity contribution in [2.45, 2.75) is 32.8 Å². The molecule has 122 valence electrons. The van der Waals surface area contributed by atoms with E-state index in [0.717, 1.165) is 6.42 Å². The van der Waals surface area contributed by atoms with Crippen LogP contribution in [0.15, 0.2) is 46.9 Å². The second-order valence-corrected chi connectivity index (χ2v) is 6.04. The van der Waals surface area contributed by atoms with Crippen molar-refractivity contribution < 1.29 is 13.9 Å². The predicted octanol–water partition coefficient (Wildman–Crippen LogP) is 4.95. The SMILES string of the molecule is CCc1ccc(O[C@@H](CC)C(=O)Nc2ccc(Br)cc2F)cc1. The summed E-state index contributed by atoms with van der Waals surface area (Å²) in [6, 6.07) is 12.1. The fraction of sp³-hybridized carbons (Fsp3) is 0.278. The summed E-state index contributed by atoms with van der Waals surface area (Å²) in [4.78, 5) is 12.3. The Morgan fingerprint density at radius 2 is 1.91 bits per heavy atom. The molecule has 5 heteroatoms. The normalized spacial score (nSPS) is 11.8. The Kier molecular flexibility index (Phi) is 6.16. The van der Waals surface area contributed by atoms with Crippen molar-refractivity contribution in [3.63, 3.8) is 0 Å². The van der Waals surface area contributed by atoms with E-state index in [4.69, 9.17) is 4.74 Å². The van der Waals surface area contributed by atoms with Gasteiger partial charge in [-0.05, 0) is 48.7 Å². The molecule has 1 N–H and O–H groups in total. The Bertz CT molecular complexity index is 673. The average molecular weight is 380 g/mol. The highest BCUT2D eigenvalue weighted by atomic mass is 79.9. The lowest BCUT2D eigenvalue weighted by Gasteiger charge is -2.17. The number of benzene rings is 2. The fourth-order valence-corrected chi connectivity index (χ4v) is 2.43. The summed E-state index contributed by atoms with van der Waals surface area (Å²) in [6.45, 7) is 3.92. The molecule has 0 bridgehead atoms. The van der Waals surface area contributed by atoms with Gasteiger partial charge in [0.25, 0.3) is 5.91 Å². The van der Waals surface area contributed by atoms with Crippen molar-refractivity contribution in [2.24, 2.45) is 0 Å². The van der Waals surface area contributed by atoms with Gasteiger partial charge < -0.3 is 10.1 Å². The molecule has 0 spiro atoms. The Morgan fingerprint density at radius 3 is 2.48 bits per heavy atom. The molecule has 0 saturated carbocycles. The first-order chi connectivity index (χ1) is 11.0. The molecule has 3 nitrogen and oxygen atoms in total. The number of rotatable bonds is 6. The molecule has 23 heavy (non-hydrogen) atoms. The minimum atomic E-state index is -0.675. The first-order valence-corrected chi connectivity index (χ1v) is 8.34. The summed E-state index contributed by atoms with van der Waals surface area (Å²) in [7, 11) is 0. The van der Waals surface area contributed by atoms with Gasteiger partial charge in [-0.2, -0.15) is 0 Å². The van der Waals surface area contributed by atoms with E-state index in [9.17, 15) is 9.18 Å². The van der Waals surface area contributed by atoms with Crippen LogP contribution in [0.5, 0.6) is 5.75 Å². The number of nitrogens with one attached hydrogen (secondary N) is 1. The van der Waals surface area contributed by atoms with Gasteiger partial charge >= 0.3 is 0 Å². The minimum absolute atomic E-state index is 0.140. The molecule has 2 aromatic rings. The number of carbonyl (C=O) groups is 1. The highest BCUT2D eigenvalue weighted by molar-refractivity contribution is 9.10. The van der Waals surface area contributed by atoms with E-state index in [-0.39, 0.29) is 11.6 Å². The monoisotopic (exact) mass is 379 g/mol. The number of hydrogen-bond acceptors (Lipinski definition) is 2. The topological polar surface area (TPSA) is 38.3 Å². The smallest absolute Gasteiger partial charge is 0.265 e. The third-order valence-corrected chi connectivity index (χ3v) is 3.96. The molecule has 0 aliphatic heterocycles. The van der Waals surface area contributed by atoms with Crippen molar-refractivity contribution in [1.29, 1.82) is 0 Å². The molecular formula is C18H19BrFNO2. The van der Waals surface area contributed by atoms with Gasteiger partial charge in [-0.15, -0.1) is 0 Å². The van der Waals surface area contributed by atoms with Crippen molar-refractivity contribution in [3.05, 3.63) is 58.3 Å². The number of aryl methyl sites for hydroxylation is 1. The molecule has 0 aliphatic carbocycles. The summed E-state index contributed by atoms with van der Waals surface area (Å²) in [5.41, 5.74) is 1.34. The zero-order valence-corrected chi connectivity index (χ0v) is 14.7. The van der Waals surface area contributed by atoms with Crippen LogP contribution in [0.1, 0.15) is 25.8 Å². The maximum absolute atomic E-state index is 13.8. The second kappa shape index (κ2) is 8.11. The Morgan fingerprint density at radius 1 is 1.22 bits per heavy atom. The Hall–Kier alpha value is -1.88. The lowest BCUT2D eigenvalue weighted by Crippen LogP contribution is -2.32. The van der Waals surface area contributed by atoms with Gasteiger partial charge in [0, 0.05) is 4.47 Å². The molecule has 0 fully saturated rings. The van der Waals surface area contributed by atoms with Gasteiger partial charge in [-0.3, -0.25) is 4.79 Å². The summed E-state index contributed by atoms with van der Waals surface area (Å²) in [5.74, 6) is -0.233. The highest BCUT2D eigenvalue weighted by Crippen LogP contribution is 2.21. The standard InChI is InChI=1S/C18H19BrFNO2/c1-3-12-5-8-14(9-6-12)23-17(4-2)18(22)21-16-10-7-13(19)11-15(16)20/h5-11,17H,3-4H2,1-2H3,(H,21,22)/t17-/m0/s1. The Balaban J connectivity index is 2.05. The number of anilines is 1. The highest BCUT2D eigenvalue weighted by Gasteiger charge is 2.19. The number of hydrogen-bond donors (Lipinski definition) is 1. The first kappa shape index (κ1) is 17.5. The van der Waals surface area contributed by atoms with Crippen molar-refractivity contribution >= 4 is 27.5 Å². The lowest BCUT2D eigenvalue weighted by atomic mass is 10.1. The molecule has 0 unspecified atom stereocenters. The molecule has 0 heterocycles. The molecule has 1 atom stereocenters. The minimum Gasteiger partial charge on any atom is -0.481 e. The van der Waals surface area contributed by atoms with Crippen molar-refractivity contribution in [1.82, 2.24) is 0 Å². The molecular weight excluding hydrogens is 361 g/mol. The quantitative estimate of drug-likeness (QED) is 0.771. The summed E-state index contributed by atoms with van der Waals surface area (Å²) in [6.07, 6.45) is 0.755. The van der Waals surface area contributed by atoms with Gasteiger partial charge in [0.05, 0.1) is 5.69 Å². The van der Waals surface area contributed by atoms with E-state index in [0.29, 0.717) is 16.6 Å². The van der Waals surface area contributed by atoms with Crippen molar-refractivity contribution in [3.8, 4) is 5.75 Å². The fourth-order valence-electron chi connectivity index (χ4n) is 2.09. The molecule has 0 saturated heterocycles. The zero-order valence-electron chi connectivity index (χ0n) is 13.1. The molecule has 2 aromatic carbocycles. The van der Waals surface area contributed by atoms with Crippen LogP contribution in [0, 0.1) is 5.82 Å². The summed E-state index contributed by atoms with van der Waals surface area (Å²) in [5, 5.41) is 2.57. The van der Waals surface area contributed by atoms with Crippen LogP contribution in [-0.4, -0.2) is 12.0 Å². The average Bonchev–Trinajstić information content (AvgIpc) is 2.55. The lowest BCUT2D eigenvalue weighted by molar-refractivity contribution is -0.122. The van der Waals surface area contributed by atoms with E-state index in [2.05, 4.69) is 28.2 Å². The maximum atomic E-state index is 13.8.